The zero-order valence-corrected chi connectivity index (χ0v) is 19.6. The maximum absolute atomic E-state index is 13.0. The summed E-state index contributed by atoms with van der Waals surface area (Å²) in [6.07, 6.45) is 1.96. The molecule has 2 aromatic carbocycles. The second-order valence-electron chi connectivity index (χ2n) is 9.32. The van der Waals surface area contributed by atoms with E-state index in [2.05, 4.69) is 34.9 Å². The summed E-state index contributed by atoms with van der Waals surface area (Å²) in [5.41, 5.74) is 4.53. The van der Waals surface area contributed by atoms with Crippen LogP contribution in [-0.4, -0.2) is 41.8 Å². The van der Waals surface area contributed by atoms with Crippen LogP contribution < -0.4 is 10.6 Å². The van der Waals surface area contributed by atoms with E-state index < -0.39 is 30.1 Å². The van der Waals surface area contributed by atoms with Crippen molar-refractivity contribution in [3.05, 3.63) is 59.7 Å². The fourth-order valence-electron chi connectivity index (χ4n) is 5.17. The van der Waals surface area contributed by atoms with Crippen LogP contribution in [0.3, 0.4) is 0 Å². The Labute approximate surface area is 199 Å². The van der Waals surface area contributed by atoms with Gasteiger partial charge in [-0.2, -0.15) is 0 Å². The Morgan fingerprint density at radius 1 is 1.03 bits per heavy atom. The van der Waals surface area contributed by atoms with Crippen molar-refractivity contribution >= 4 is 18.0 Å². The van der Waals surface area contributed by atoms with Crippen molar-refractivity contribution in [1.82, 2.24) is 10.6 Å². The molecule has 2 aromatic rings. The third kappa shape index (κ3) is 4.79. The van der Waals surface area contributed by atoms with Gasteiger partial charge in [0, 0.05) is 12.0 Å². The number of carboxylic acid groups (broad SMARTS) is 1. The van der Waals surface area contributed by atoms with Gasteiger partial charge in [0.2, 0.25) is 5.91 Å². The first-order valence-electron chi connectivity index (χ1n) is 12.0. The number of fused-ring (bicyclic) bond motifs is 3. The van der Waals surface area contributed by atoms with Crippen LogP contribution in [0.1, 0.15) is 56.6 Å². The molecular formula is C27H32N2O5. The molecule has 7 nitrogen and oxygen atoms in total. The fraction of sp³-hybridized carbons (Fsp3) is 0.444. The number of hydrogen-bond donors (Lipinski definition) is 3. The molecule has 3 N–H and O–H groups in total. The van der Waals surface area contributed by atoms with Crippen molar-refractivity contribution in [2.75, 3.05) is 6.61 Å². The molecule has 1 fully saturated rings. The zero-order chi connectivity index (χ0) is 24.2. The number of carboxylic acids is 1. The highest BCUT2D eigenvalue weighted by atomic mass is 16.5. The van der Waals surface area contributed by atoms with Gasteiger partial charge in [-0.05, 0) is 41.0 Å². The predicted molar refractivity (Wildman–Crippen MR) is 128 cm³/mol. The minimum Gasteiger partial charge on any atom is -0.481 e. The number of hydrogen-bond acceptors (Lipinski definition) is 4. The minimum atomic E-state index is -0.896. The molecule has 0 aliphatic heterocycles. The summed E-state index contributed by atoms with van der Waals surface area (Å²) in [6.45, 7) is 4.00. The van der Waals surface area contributed by atoms with Crippen LogP contribution in [0.4, 0.5) is 4.79 Å². The van der Waals surface area contributed by atoms with Crippen LogP contribution in [0.15, 0.2) is 48.5 Å². The van der Waals surface area contributed by atoms with Gasteiger partial charge in [0.15, 0.2) is 0 Å². The van der Waals surface area contributed by atoms with Gasteiger partial charge < -0.3 is 20.5 Å². The number of amides is 2. The van der Waals surface area contributed by atoms with Gasteiger partial charge >= 0.3 is 12.1 Å². The molecule has 2 aliphatic carbocycles. The molecule has 4 atom stereocenters. The average molecular weight is 465 g/mol. The first-order valence-corrected chi connectivity index (χ1v) is 12.0. The van der Waals surface area contributed by atoms with E-state index in [9.17, 15) is 19.5 Å². The first kappa shape index (κ1) is 23.8. The lowest BCUT2D eigenvalue weighted by Crippen LogP contribution is -2.53. The van der Waals surface area contributed by atoms with Crippen LogP contribution >= 0.6 is 0 Å². The topological polar surface area (TPSA) is 105 Å². The van der Waals surface area contributed by atoms with Crippen molar-refractivity contribution in [3.63, 3.8) is 0 Å². The van der Waals surface area contributed by atoms with Crippen molar-refractivity contribution in [2.24, 2.45) is 11.8 Å². The molecule has 0 heterocycles. The minimum absolute atomic E-state index is 0.0659. The Morgan fingerprint density at radius 3 is 2.24 bits per heavy atom. The smallest absolute Gasteiger partial charge is 0.407 e. The van der Waals surface area contributed by atoms with Gasteiger partial charge in [-0.25, -0.2) is 4.79 Å². The summed E-state index contributed by atoms with van der Waals surface area (Å²) < 4.78 is 5.62. The third-order valence-corrected chi connectivity index (χ3v) is 7.27. The number of ether oxygens (including phenoxy) is 1. The molecule has 7 heteroatoms. The molecule has 1 saturated carbocycles. The number of benzene rings is 2. The Kier molecular flexibility index (Phi) is 7.20. The summed E-state index contributed by atoms with van der Waals surface area (Å²) in [5, 5.41) is 15.0. The first-order chi connectivity index (χ1) is 16.4. The standard InChI is InChI=1S/C27H32N2O5/c1-3-16(2)24(25(30)28-23-14-8-13-21(23)26(31)32)29-27(33)34-15-22-19-11-6-4-9-17(19)18-10-5-7-12-20(18)22/h4-7,9-12,16,21-24H,3,8,13-15H2,1-2H3,(H,28,30)(H,29,33)(H,31,32)/t16?,21-,23+,24-/m0/s1. The van der Waals surface area contributed by atoms with Crippen molar-refractivity contribution in [3.8, 4) is 11.1 Å². The van der Waals surface area contributed by atoms with Crippen molar-refractivity contribution in [1.29, 1.82) is 0 Å². The van der Waals surface area contributed by atoms with E-state index in [4.69, 9.17) is 4.74 Å². The molecule has 0 aromatic heterocycles. The normalized spacial score (nSPS) is 20.6. The van der Waals surface area contributed by atoms with E-state index in [0.29, 0.717) is 19.3 Å². The second kappa shape index (κ2) is 10.3. The van der Waals surface area contributed by atoms with E-state index in [-0.39, 0.29) is 24.3 Å². The lowest BCUT2D eigenvalue weighted by Gasteiger charge is -2.26. The molecule has 0 saturated heterocycles. The quantitative estimate of drug-likeness (QED) is 0.540. The Bertz CT molecular complexity index is 1020. The van der Waals surface area contributed by atoms with E-state index in [0.717, 1.165) is 28.7 Å². The molecule has 0 bridgehead atoms. The SMILES string of the molecule is CCC(C)[C@H](NC(=O)OCC1c2ccccc2-c2ccccc21)C(=O)N[C@@H]1CCC[C@@H]1C(=O)O. The molecule has 4 rings (SSSR count). The number of rotatable bonds is 8. The molecule has 34 heavy (non-hydrogen) atoms. The molecule has 0 spiro atoms. The van der Waals surface area contributed by atoms with Gasteiger partial charge in [0.1, 0.15) is 12.6 Å². The van der Waals surface area contributed by atoms with Crippen molar-refractivity contribution in [2.45, 2.75) is 57.5 Å². The Hall–Kier alpha value is -3.35. The summed E-state index contributed by atoms with van der Waals surface area (Å²) in [4.78, 5) is 37.3. The van der Waals surface area contributed by atoms with E-state index >= 15 is 0 Å². The average Bonchev–Trinajstić information content (AvgIpc) is 3.43. The molecule has 2 aliphatic rings. The molecule has 2 amide bonds. The number of carbonyl (C=O) groups is 3. The summed E-state index contributed by atoms with van der Waals surface area (Å²) in [6, 6.07) is 15.0. The summed E-state index contributed by atoms with van der Waals surface area (Å²) in [7, 11) is 0. The van der Waals surface area contributed by atoms with Crippen LogP contribution in [0.25, 0.3) is 11.1 Å². The third-order valence-electron chi connectivity index (χ3n) is 7.27. The van der Waals surface area contributed by atoms with Gasteiger partial charge in [-0.3, -0.25) is 9.59 Å². The molecule has 180 valence electrons. The van der Waals surface area contributed by atoms with Gasteiger partial charge in [-0.15, -0.1) is 0 Å². The van der Waals surface area contributed by atoms with Crippen LogP contribution in [0.2, 0.25) is 0 Å². The van der Waals surface area contributed by atoms with E-state index in [1.165, 1.54) is 0 Å². The van der Waals surface area contributed by atoms with E-state index in [1.54, 1.807) is 0 Å². The zero-order valence-electron chi connectivity index (χ0n) is 19.6. The predicted octanol–water partition coefficient (Wildman–Crippen LogP) is 4.31. The maximum atomic E-state index is 13.0. The fourth-order valence-corrected chi connectivity index (χ4v) is 5.17. The number of aliphatic carboxylic acids is 1. The number of alkyl carbamates (subject to hydrolysis) is 1. The molecule has 1 unspecified atom stereocenters. The number of nitrogens with one attached hydrogen (secondary N) is 2. The summed E-state index contributed by atoms with van der Waals surface area (Å²) in [5.74, 6) is -2.04. The highest BCUT2D eigenvalue weighted by molar-refractivity contribution is 5.87. The second-order valence-corrected chi connectivity index (χ2v) is 9.32. The van der Waals surface area contributed by atoms with Gasteiger partial charge in [-0.1, -0.05) is 75.2 Å². The summed E-state index contributed by atoms with van der Waals surface area (Å²) >= 11 is 0. The Morgan fingerprint density at radius 2 is 1.65 bits per heavy atom. The Balaban J connectivity index is 1.41. The number of carbonyl (C=O) groups excluding carboxylic acids is 2. The van der Waals surface area contributed by atoms with Crippen molar-refractivity contribution < 1.29 is 24.2 Å². The largest absolute Gasteiger partial charge is 0.481 e. The van der Waals surface area contributed by atoms with Crippen LogP contribution in [0, 0.1) is 11.8 Å². The van der Waals surface area contributed by atoms with Crippen LogP contribution in [0.5, 0.6) is 0 Å². The van der Waals surface area contributed by atoms with E-state index in [1.807, 2.05) is 38.1 Å². The van der Waals surface area contributed by atoms with Crippen LogP contribution in [-0.2, 0) is 14.3 Å². The lowest BCUT2D eigenvalue weighted by atomic mass is 9.97. The lowest BCUT2D eigenvalue weighted by molar-refractivity contribution is -0.142. The monoisotopic (exact) mass is 464 g/mol. The molecule has 0 radical (unpaired) electrons. The maximum Gasteiger partial charge on any atom is 0.407 e. The molecular weight excluding hydrogens is 432 g/mol. The highest BCUT2D eigenvalue weighted by Crippen LogP contribution is 2.44. The van der Waals surface area contributed by atoms with Gasteiger partial charge in [0.25, 0.3) is 0 Å². The van der Waals surface area contributed by atoms with Gasteiger partial charge in [0.05, 0.1) is 5.92 Å². The highest BCUT2D eigenvalue weighted by Gasteiger charge is 2.37.